The Morgan fingerprint density at radius 2 is 2.07 bits per heavy atom. The number of nitrogen functional groups attached to an aromatic ring is 2. The van der Waals surface area contributed by atoms with Crippen LogP contribution in [0.2, 0.25) is 0 Å². The van der Waals surface area contributed by atoms with Gasteiger partial charge in [-0.05, 0) is 12.1 Å². The van der Waals surface area contributed by atoms with E-state index in [9.17, 15) is 0 Å². The SMILES string of the molecule is Cn1nc(-c2cccc(Br)c2)c(N)c1N. The van der Waals surface area contributed by atoms with E-state index in [1.54, 1.807) is 11.7 Å². The number of rotatable bonds is 1. The highest BCUT2D eigenvalue weighted by Crippen LogP contribution is 2.30. The Bertz CT molecular complexity index is 504. The number of aryl methyl sites for hydroxylation is 1. The van der Waals surface area contributed by atoms with Gasteiger partial charge in [0.25, 0.3) is 0 Å². The molecule has 1 heterocycles. The molecule has 1 aromatic heterocycles. The molecule has 0 saturated heterocycles. The molecule has 78 valence electrons. The maximum atomic E-state index is 5.86. The first kappa shape index (κ1) is 10.0. The molecule has 0 atom stereocenters. The highest BCUT2D eigenvalue weighted by atomic mass is 79.9. The van der Waals surface area contributed by atoms with Crippen LogP contribution in [0, 0.1) is 0 Å². The van der Waals surface area contributed by atoms with Crippen molar-refractivity contribution in [1.82, 2.24) is 9.78 Å². The van der Waals surface area contributed by atoms with E-state index >= 15 is 0 Å². The van der Waals surface area contributed by atoms with Crippen molar-refractivity contribution in [1.29, 1.82) is 0 Å². The van der Waals surface area contributed by atoms with Crippen LogP contribution in [0.25, 0.3) is 11.3 Å². The van der Waals surface area contributed by atoms with Crippen LogP contribution in [0.3, 0.4) is 0 Å². The molecular weight excluding hydrogens is 256 g/mol. The Labute approximate surface area is 96.0 Å². The normalized spacial score (nSPS) is 10.5. The van der Waals surface area contributed by atoms with Gasteiger partial charge in [-0.2, -0.15) is 5.10 Å². The molecule has 2 rings (SSSR count). The number of aromatic nitrogens is 2. The van der Waals surface area contributed by atoms with Crippen LogP contribution in [-0.2, 0) is 7.05 Å². The predicted molar refractivity (Wildman–Crippen MR) is 65.2 cm³/mol. The Kier molecular flexibility index (Phi) is 2.40. The second-order valence-corrected chi connectivity index (χ2v) is 4.20. The quantitative estimate of drug-likeness (QED) is 0.830. The summed E-state index contributed by atoms with van der Waals surface area (Å²) in [7, 11) is 1.77. The van der Waals surface area contributed by atoms with Gasteiger partial charge in [0.1, 0.15) is 17.2 Å². The maximum absolute atomic E-state index is 5.86. The van der Waals surface area contributed by atoms with Crippen molar-refractivity contribution in [2.75, 3.05) is 11.5 Å². The molecule has 0 radical (unpaired) electrons. The monoisotopic (exact) mass is 266 g/mol. The largest absolute Gasteiger partial charge is 0.394 e. The molecule has 1 aromatic carbocycles. The van der Waals surface area contributed by atoms with Crippen LogP contribution in [0.4, 0.5) is 11.5 Å². The smallest absolute Gasteiger partial charge is 0.145 e. The third-order valence-corrected chi connectivity index (χ3v) is 2.72. The molecule has 15 heavy (non-hydrogen) atoms. The maximum Gasteiger partial charge on any atom is 0.145 e. The van der Waals surface area contributed by atoms with Crippen molar-refractivity contribution in [3.63, 3.8) is 0 Å². The van der Waals surface area contributed by atoms with Crippen LogP contribution < -0.4 is 11.5 Å². The first-order valence-electron chi connectivity index (χ1n) is 4.43. The van der Waals surface area contributed by atoms with Gasteiger partial charge in [0.15, 0.2) is 0 Å². The third kappa shape index (κ3) is 1.70. The van der Waals surface area contributed by atoms with Gasteiger partial charge in [-0.1, -0.05) is 28.1 Å². The summed E-state index contributed by atoms with van der Waals surface area (Å²) in [4.78, 5) is 0. The first-order chi connectivity index (χ1) is 7.09. The molecule has 5 heteroatoms. The van der Waals surface area contributed by atoms with Gasteiger partial charge in [-0.15, -0.1) is 0 Å². The Balaban J connectivity index is 2.59. The molecule has 0 spiro atoms. The van der Waals surface area contributed by atoms with Crippen molar-refractivity contribution in [2.45, 2.75) is 0 Å². The van der Waals surface area contributed by atoms with E-state index in [1.807, 2.05) is 24.3 Å². The van der Waals surface area contributed by atoms with E-state index < -0.39 is 0 Å². The van der Waals surface area contributed by atoms with Crippen molar-refractivity contribution in [3.8, 4) is 11.3 Å². The highest BCUT2D eigenvalue weighted by molar-refractivity contribution is 9.10. The molecule has 0 bridgehead atoms. The molecule has 2 aromatic rings. The zero-order valence-corrected chi connectivity index (χ0v) is 9.82. The lowest BCUT2D eigenvalue weighted by Crippen LogP contribution is -1.98. The average Bonchev–Trinajstić information content (AvgIpc) is 2.46. The number of nitrogens with two attached hydrogens (primary N) is 2. The lowest BCUT2D eigenvalue weighted by atomic mass is 10.1. The second kappa shape index (κ2) is 3.58. The molecule has 0 aliphatic carbocycles. The zero-order chi connectivity index (χ0) is 11.0. The predicted octanol–water partition coefficient (Wildman–Crippen LogP) is 2.01. The van der Waals surface area contributed by atoms with E-state index in [2.05, 4.69) is 21.0 Å². The number of hydrogen-bond acceptors (Lipinski definition) is 3. The van der Waals surface area contributed by atoms with Gasteiger partial charge in [-0.3, -0.25) is 4.68 Å². The van der Waals surface area contributed by atoms with E-state index in [4.69, 9.17) is 11.5 Å². The summed E-state index contributed by atoms with van der Waals surface area (Å²) in [6.45, 7) is 0. The van der Waals surface area contributed by atoms with Crippen LogP contribution >= 0.6 is 15.9 Å². The van der Waals surface area contributed by atoms with Gasteiger partial charge >= 0.3 is 0 Å². The van der Waals surface area contributed by atoms with Crippen LogP contribution in [0.1, 0.15) is 0 Å². The fourth-order valence-corrected chi connectivity index (χ4v) is 1.80. The zero-order valence-electron chi connectivity index (χ0n) is 8.24. The number of halogens is 1. The minimum atomic E-state index is 0.491. The summed E-state index contributed by atoms with van der Waals surface area (Å²) in [5.41, 5.74) is 13.8. The molecule has 0 saturated carbocycles. The molecule has 4 nitrogen and oxygen atoms in total. The van der Waals surface area contributed by atoms with E-state index in [1.165, 1.54) is 0 Å². The van der Waals surface area contributed by atoms with Crippen LogP contribution in [0.15, 0.2) is 28.7 Å². The van der Waals surface area contributed by atoms with Crippen LogP contribution in [-0.4, -0.2) is 9.78 Å². The molecule has 0 unspecified atom stereocenters. The number of hydrogen-bond donors (Lipinski definition) is 2. The van der Waals surface area contributed by atoms with E-state index in [-0.39, 0.29) is 0 Å². The third-order valence-electron chi connectivity index (χ3n) is 2.23. The lowest BCUT2D eigenvalue weighted by molar-refractivity contribution is 0.782. The standard InChI is InChI=1S/C10H11BrN4/c1-15-10(13)8(12)9(14-15)6-3-2-4-7(11)5-6/h2-5H,12-13H2,1H3. The van der Waals surface area contributed by atoms with Crippen molar-refractivity contribution >= 4 is 27.4 Å². The summed E-state index contributed by atoms with van der Waals surface area (Å²) in [6.07, 6.45) is 0. The Morgan fingerprint density at radius 1 is 1.33 bits per heavy atom. The summed E-state index contributed by atoms with van der Waals surface area (Å²) in [5.74, 6) is 0.491. The topological polar surface area (TPSA) is 69.9 Å². The van der Waals surface area contributed by atoms with Gasteiger partial charge in [0.2, 0.25) is 0 Å². The molecule has 4 N–H and O–H groups in total. The van der Waals surface area contributed by atoms with Crippen LogP contribution in [0.5, 0.6) is 0 Å². The molecule has 0 fully saturated rings. The number of nitrogens with zero attached hydrogens (tertiary/aromatic N) is 2. The van der Waals surface area contributed by atoms with Gasteiger partial charge < -0.3 is 11.5 Å². The number of benzene rings is 1. The lowest BCUT2D eigenvalue weighted by Gasteiger charge is -1.98. The fraction of sp³-hybridized carbons (Fsp3) is 0.100. The van der Waals surface area contributed by atoms with E-state index in [0.717, 1.165) is 15.7 Å². The number of anilines is 2. The van der Waals surface area contributed by atoms with Crippen molar-refractivity contribution < 1.29 is 0 Å². The molecule has 0 aliphatic heterocycles. The minimum absolute atomic E-state index is 0.491. The first-order valence-corrected chi connectivity index (χ1v) is 5.23. The van der Waals surface area contributed by atoms with Gasteiger partial charge in [0, 0.05) is 17.1 Å². The summed E-state index contributed by atoms with van der Waals surface area (Å²) < 4.78 is 2.56. The van der Waals surface area contributed by atoms with E-state index in [0.29, 0.717) is 11.5 Å². The fourth-order valence-electron chi connectivity index (χ4n) is 1.40. The highest BCUT2D eigenvalue weighted by Gasteiger charge is 2.12. The minimum Gasteiger partial charge on any atom is -0.394 e. The summed E-state index contributed by atoms with van der Waals surface area (Å²) in [5, 5.41) is 4.27. The van der Waals surface area contributed by atoms with Crippen molar-refractivity contribution in [3.05, 3.63) is 28.7 Å². The van der Waals surface area contributed by atoms with Gasteiger partial charge in [-0.25, -0.2) is 0 Å². The summed E-state index contributed by atoms with van der Waals surface area (Å²) in [6, 6.07) is 7.79. The molecule has 0 aliphatic rings. The average molecular weight is 267 g/mol. The van der Waals surface area contributed by atoms with Crippen molar-refractivity contribution in [2.24, 2.45) is 7.05 Å². The Morgan fingerprint density at radius 3 is 2.60 bits per heavy atom. The van der Waals surface area contributed by atoms with Gasteiger partial charge in [0.05, 0.1) is 0 Å². The molecule has 0 amide bonds. The molecular formula is C10H11BrN4. The summed E-state index contributed by atoms with van der Waals surface area (Å²) >= 11 is 3.40. The second-order valence-electron chi connectivity index (χ2n) is 3.28. The Hall–Kier alpha value is -1.49.